The lowest BCUT2D eigenvalue weighted by molar-refractivity contribution is -0.108. The number of hydrogen-bond donors (Lipinski definition) is 0. The van der Waals surface area contributed by atoms with Crippen molar-refractivity contribution in [2.75, 3.05) is 0 Å². The number of benzene rings is 1. The number of nitriles is 1. The van der Waals surface area contributed by atoms with Crippen molar-refractivity contribution in [3.05, 3.63) is 36.0 Å². The fourth-order valence-corrected chi connectivity index (χ4v) is 1.66. The average molecular weight is 198 g/mol. The smallest absolute Gasteiger partial charge is 0.121 e. The highest BCUT2D eigenvalue weighted by Gasteiger charge is 2.01. The van der Waals surface area contributed by atoms with E-state index in [1.54, 1.807) is 6.07 Å². The monoisotopic (exact) mass is 198 g/mol. The van der Waals surface area contributed by atoms with Crippen molar-refractivity contribution in [2.45, 2.75) is 13.0 Å². The van der Waals surface area contributed by atoms with Crippen LogP contribution in [0.4, 0.5) is 0 Å². The van der Waals surface area contributed by atoms with Gasteiger partial charge in [0.15, 0.2) is 0 Å². The number of carbonyl (C=O) groups is 1. The van der Waals surface area contributed by atoms with Crippen LogP contribution in [0.3, 0.4) is 0 Å². The highest BCUT2D eigenvalue weighted by atomic mass is 16.1. The quantitative estimate of drug-likeness (QED) is 0.709. The molecule has 0 amide bonds. The summed E-state index contributed by atoms with van der Waals surface area (Å²) in [6, 6.07) is 9.63. The van der Waals surface area contributed by atoms with E-state index in [0.29, 0.717) is 18.5 Å². The number of aromatic nitrogens is 1. The molecule has 15 heavy (non-hydrogen) atoms. The van der Waals surface area contributed by atoms with E-state index < -0.39 is 0 Å². The van der Waals surface area contributed by atoms with Crippen LogP contribution >= 0.6 is 0 Å². The zero-order valence-electron chi connectivity index (χ0n) is 8.18. The third kappa shape index (κ3) is 1.75. The molecule has 1 aromatic carbocycles. The first-order valence-corrected chi connectivity index (χ1v) is 4.78. The van der Waals surface area contributed by atoms with Gasteiger partial charge in [0.25, 0.3) is 0 Å². The number of aldehydes is 1. The number of rotatable bonds is 3. The van der Waals surface area contributed by atoms with Crippen molar-refractivity contribution in [1.82, 2.24) is 4.57 Å². The molecule has 3 heteroatoms. The fourth-order valence-electron chi connectivity index (χ4n) is 1.66. The molecule has 0 saturated carbocycles. The summed E-state index contributed by atoms with van der Waals surface area (Å²) in [5.74, 6) is 0. The minimum absolute atomic E-state index is 0.518. The van der Waals surface area contributed by atoms with E-state index in [4.69, 9.17) is 5.26 Å². The minimum Gasteiger partial charge on any atom is -0.347 e. The Morgan fingerprint density at radius 2 is 2.27 bits per heavy atom. The first kappa shape index (κ1) is 9.47. The fraction of sp³-hybridized carbons (Fsp3) is 0.167. The number of aryl methyl sites for hydroxylation is 1. The van der Waals surface area contributed by atoms with Gasteiger partial charge in [-0.05, 0) is 24.3 Å². The normalized spacial score (nSPS) is 10.1. The first-order chi connectivity index (χ1) is 7.35. The van der Waals surface area contributed by atoms with Gasteiger partial charge in [0.05, 0.1) is 11.6 Å². The summed E-state index contributed by atoms with van der Waals surface area (Å²) in [5.41, 5.74) is 1.73. The molecular formula is C12H10N2O. The van der Waals surface area contributed by atoms with Crippen LogP contribution in [0.2, 0.25) is 0 Å². The maximum absolute atomic E-state index is 10.3. The summed E-state index contributed by atoms with van der Waals surface area (Å²) in [6.45, 7) is 0.693. The van der Waals surface area contributed by atoms with E-state index in [2.05, 4.69) is 6.07 Å². The van der Waals surface area contributed by atoms with E-state index in [9.17, 15) is 4.79 Å². The van der Waals surface area contributed by atoms with Crippen molar-refractivity contribution in [1.29, 1.82) is 5.26 Å². The van der Waals surface area contributed by atoms with Crippen molar-refractivity contribution in [3.8, 4) is 6.07 Å². The van der Waals surface area contributed by atoms with Gasteiger partial charge >= 0.3 is 0 Å². The highest BCUT2D eigenvalue weighted by Crippen LogP contribution is 2.17. The van der Waals surface area contributed by atoms with E-state index in [0.717, 1.165) is 17.2 Å². The van der Waals surface area contributed by atoms with Crippen molar-refractivity contribution >= 4 is 17.2 Å². The molecule has 2 aromatic rings. The van der Waals surface area contributed by atoms with Gasteiger partial charge in [-0.25, -0.2) is 0 Å². The summed E-state index contributed by atoms with van der Waals surface area (Å²) in [4.78, 5) is 10.3. The van der Waals surface area contributed by atoms with Crippen molar-refractivity contribution < 1.29 is 4.79 Å². The van der Waals surface area contributed by atoms with Crippen LogP contribution in [0, 0.1) is 11.3 Å². The molecule has 3 nitrogen and oxygen atoms in total. The second-order valence-corrected chi connectivity index (χ2v) is 3.35. The number of carbonyl (C=O) groups excluding carboxylic acids is 1. The molecule has 0 bridgehead atoms. The Kier molecular flexibility index (Phi) is 2.51. The third-order valence-corrected chi connectivity index (χ3v) is 2.39. The Bertz CT molecular complexity index is 534. The second kappa shape index (κ2) is 3.97. The number of hydrogen-bond acceptors (Lipinski definition) is 2. The molecule has 0 unspecified atom stereocenters. The molecule has 0 radical (unpaired) electrons. The van der Waals surface area contributed by atoms with Crippen LogP contribution in [-0.4, -0.2) is 10.9 Å². The zero-order valence-corrected chi connectivity index (χ0v) is 8.18. The summed E-state index contributed by atoms with van der Waals surface area (Å²) < 4.78 is 2.02. The molecule has 0 fully saturated rings. The van der Waals surface area contributed by atoms with Crippen molar-refractivity contribution in [2.24, 2.45) is 0 Å². The summed E-state index contributed by atoms with van der Waals surface area (Å²) in [6.07, 6.45) is 3.37. The van der Waals surface area contributed by atoms with Crippen LogP contribution in [0.25, 0.3) is 10.9 Å². The van der Waals surface area contributed by atoms with Gasteiger partial charge in [0.1, 0.15) is 6.29 Å². The van der Waals surface area contributed by atoms with Crippen LogP contribution in [0.15, 0.2) is 30.5 Å². The molecule has 0 spiro atoms. The molecule has 0 aliphatic heterocycles. The standard InChI is InChI=1S/C12H10N2O/c13-9-10-2-3-12-11(8-10)4-6-14(12)5-1-7-15/h2-4,6-8H,1,5H2. The van der Waals surface area contributed by atoms with Crippen LogP contribution in [0.1, 0.15) is 12.0 Å². The lowest BCUT2D eigenvalue weighted by atomic mass is 10.2. The molecule has 0 atom stereocenters. The molecule has 74 valence electrons. The van der Waals surface area contributed by atoms with Gasteiger partial charge in [-0.1, -0.05) is 0 Å². The van der Waals surface area contributed by atoms with Gasteiger partial charge in [0.2, 0.25) is 0 Å². The third-order valence-electron chi connectivity index (χ3n) is 2.39. The lowest BCUT2D eigenvalue weighted by Gasteiger charge is -2.01. The van der Waals surface area contributed by atoms with Gasteiger partial charge < -0.3 is 9.36 Å². The number of nitrogens with zero attached hydrogens (tertiary/aromatic N) is 2. The molecule has 1 heterocycles. The van der Waals surface area contributed by atoms with E-state index in [-0.39, 0.29) is 0 Å². The van der Waals surface area contributed by atoms with Gasteiger partial charge in [0, 0.05) is 30.1 Å². The van der Waals surface area contributed by atoms with E-state index in [1.165, 1.54) is 0 Å². The maximum Gasteiger partial charge on any atom is 0.121 e. The minimum atomic E-state index is 0.518. The zero-order chi connectivity index (χ0) is 10.7. The SMILES string of the molecule is N#Cc1ccc2c(ccn2CCC=O)c1. The van der Waals surface area contributed by atoms with E-state index in [1.807, 2.05) is 29.0 Å². The molecule has 1 aromatic heterocycles. The summed E-state index contributed by atoms with van der Waals surface area (Å²) in [5, 5.41) is 9.78. The Labute approximate surface area is 87.5 Å². The Morgan fingerprint density at radius 1 is 1.40 bits per heavy atom. The molecule has 0 aliphatic rings. The number of fused-ring (bicyclic) bond motifs is 1. The first-order valence-electron chi connectivity index (χ1n) is 4.78. The predicted molar refractivity (Wildman–Crippen MR) is 57.3 cm³/mol. The predicted octanol–water partition coefficient (Wildman–Crippen LogP) is 2.10. The molecule has 2 rings (SSSR count). The molecular weight excluding hydrogens is 188 g/mol. The molecule has 0 N–H and O–H groups in total. The van der Waals surface area contributed by atoms with Crippen molar-refractivity contribution in [3.63, 3.8) is 0 Å². The highest BCUT2D eigenvalue weighted by molar-refractivity contribution is 5.81. The Balaban J connectivity index is 2.43. The lowest BCUT2D eigenvalue weighted by Crippen LogP contribution is -1.95. The van der Waals surface area contributed by atoms with Gasteiger partial charge in [-0.2, -0.15) is 5.26 Å². The van der Waals surface area contributed by atoms with Crippen LogP contribution in [0.5, 0.6) is 0 Å². The average Bonchev–Trinajstić information content (AvgIpc) is 2.68. The largest absolute Gasteiger partial charge is 0.347 e. The van der Waals surface area contributed by atoms with Gasteiger partial charge in [-0.3, -0.25) is 0 Å². The van der Waals surface area contributed by atoms with Crippen LogP contribution in [-0.2, 0) is 11.3 Å². The Morgan fingerprint density at radius 3 is 3.00 bits per heavy atom. The summed E-state index contributed by atoms with van der Waals surface area (Å²) >= 11 is 0. The summed E-state index contributed by atoms with van der Waals surface area (Å²) in [7, 11) is 0. The van der Waals surface area contributed by atoms with Gasteiger partial charge in [-0.15, -0.1) is 0 Å². The van der Waals surface area contributed by atoms with E-state index >= 15 is 0 Å². The second-order valence-electron chi connectivity index (χ2n) is 3.35. The molecule has 0 aliphatic carbocycles. The van der Waals surface area contributed by atoms with Crippen LogP contribution < -0.4 is 0 Å². The topological polar surface area (TPSA) is 45.8 Å². The molecule has 0 saturated heterocycles. The Hall–Kier alpha value is -2.08. The maximum atomic E-state index is 10.3.